The standard InChI is InChI=1S/C12H8ClFO2S2/c13-11-7(2-1-3-9(11)14)5-17-8-4-10(12(15)16)18-6-8/h1-4,6H,5H2,(H,15,16). The number of hydrogen-bond acceptors (Lipinski definition) is 3. The van der Waals surface area contributed by atoms with E-state index in [2.05, 4.69) is 0 Å². The highest BCUT2D eigenvalue weighted by Crippen LogP contribution is 2.30. The first-order valence-electron chi connectivity index (χ1n) is 4.95. The molecule has 0 saturated carbocycles. The number of hydrogen-bond donors (Lipinski definition) is 1. The first-order chi connectivity index (χ1) is 8.58. The second kappa shape index (κ2) is 5.73. The van der Waals surface area contributed by atoms with E-state index in [1.807, 2.05) is 0 Å². The summed E-state index contributed by atoms with van der Waals surface area (Å²) in [5.74, 6) is -0.867. The molecule has 0 atom stereocenters. The molecule has 0 saturated heterocycles. The van der Waals surface area contributed by atoms with Crippen LogP contribution in [0.1, 0.15) is 15.2 Å². The fourth-order valence-electron chi connectivity index (χ4n) is 1.33. The van der Waals surface area contributed by atoms with Crippen LogP contribution in [0.5, 0.6) is 0 Å². The number of carboxylic acid groups (broad SMARTS) is 1. The molecule has 2 rings (SSSR count). The highest BCUT2D eigenvalue weighted by molar-refractivity contribution is 7.98. The smallest absolute Gasteiger partial charge is 0.345 e. The van der Waals surface area contributed by atoms with Crippen molar-refractivity contribution in [2.45, 2.75) is 10.6 Å². The Bertz CT molecular complexity index is 583. The van der Waals surface area contributed by atoms with Gasteiger partial charge in [-0.3, -0.25) is 0 Å². The number of carboxylic acids is 1. The highest BCUT2D eigenvalue weighted by atomic mass is 35.5. The summed E-state index contributed by atoms with van der Waals surface area (Å²) in [5, 5.41) is 10.7. The predicted molar refractivity (Wildman–Crippen MR) is 72.2 cm³/mol. The van der Waals surface area contributed by atoms with Gasteiger partial charge in [-0.2, -0.15) is 0 Å². The van der Waals surface area contributed by atoms with Crippen LogP contribution in [-0.4, -0.2) is 11.1 Å². The molecule has 0 aliphatic rings. The molecule has 2 aromatic rings. The quantitative estimate of drug-likeness (QED) is 0.843. The van der Waals surface area contributed by atoms with Crippen LogP contribution >= 0.6 is 34.7 Å². The number of rotatable bonds is 4. The zero-order chi connectivity index (χ0) is 13.1. The molecule has 0 radical (unpaired) electrons. The minimum Gasteiger partial charge on any atom is -0.477 e. The van der Waals surface area contributed by atoms with Gasteiger partial charge < -0.3 is 5.11 Å². The predicted octanol–water partition coefficient (Wildman–Crippen LogP) is 4.53. The van der Waals surface area contributed by atoms with Crippen LogP contribution in [0.3, 0.4) is 0 Å². The van der Waals surface area contributed by atoms with Gasteiger partial charge in [0.2, 0.25) is 0 Å². The Balaban J connectivity index is 2.07. The normalized spacial score (nSPS) is 10.6. The molecule has 18 heavy (non-hydrogen) atoms. The lowest BCUT2D eigenvalue weighted by Crippen LogP contribution is -1.90. The molecule has 1 heterocycles. The minimum absolute atomic E-state index is 0.124. The van der Waals surface area contributed by atoms with Gasteiger partial charge in [0, 0.05) is 16.0 Å². The van der Waals surface area contributed by atoms with Gasteiger partial charge in [-0.05, 0) is 17.7 Å². The molecule has 0 aliphatic carbocycles. The molecule has 94 valence electrons. The van der Waals surface area contributed by atoms with Gasteiger partial charge >= 0.3 is 5.97 Å². The summed E-state index contributed by atoms with van der Waals surface area (Å²) in [5.41, 5.74) is 0.699. The van der Waals surface area contributed by atoms with Crippen LogP contribution < -0.4 is 0 Å². The molecular weight excluding hydrogens is 295 g/mol. The molecule has 6 heteroatoms. The van der Waals surface area contributed by atoms with Crippen LogP contribution in [-0.2, 0) is 5.75 Å². The molecule has 0 aliphatic heterocycles. The number of carbonyl (C=O) groups is 1. The Labute approximate surface area is 116 Å². The zero-order valence-corrected chi connectivity index (χ0v) is 11.4. The third kappa shape index (κ3) is 3.04. The maximum Gasteiger partial charge on any atom is 0.345 e. The van der Waals surface area contributed by atoms with Gasteiger partial charge in [0.25, 0.3) is 0 Å². The Morgan fingerprint density at radius 2 is 2.28 bits per heavy atom. The van der Waals surface area contributed by atoms with Crippen molar-refractivity contribution in [1.29, 1.82) is 0 Å². The molecule has 2 nitrogen and oxygen atoms in total. The molecule has 1 N–H and O–H groups in total. The van der Waals surface area contributed by atoms with Gasteiger partial charge in [-0.1, -0.05) is 23.7 Å². The topological polar surface area (TPSA) is 37.3 Å². The van der Waals surface area contributed by atoms with E-state index in [-0.39, 0.29) is 5.02 Å². The van der Waals surface area contributed by atoms with E-state index in [1.165, 1.54) is 29.2 Å². The first-order valence-corrected chi connectivity index (χ1v) is 7.20. The van der Waals surface area contributed by atoms with Crippen LogP contribution in [0, 0.1) is 5.82 Å². The van der Waals surface area contributed by atoms with E-state index in [0.29, 0.717) is 16.2 Å². The molecule has 0 fully saturated rings. The molecule has 0 bridgehead atoms. The lowest BCUT2D eigenvalue weighted by molar-refractivity contribution is 0.0702. The average molecular weight is 303 g/mol. The van der Waals surface area contributed by atoms with Crippen LogP contribution in [0.2, 0.25) is 5.02 Å². The summed E-state index contributed by atoms with van der Waals surface area (Å²) < 4.78 is 13.2. The van der Waals surface area contributed by atoms with Crippen LogP contribution in [0.4, 0.5) is 4.39 Å². The number of aromatic carboxylic acids is 1. The molecular formula is C12H8ClFO2S2. The molecule has 0 amide bonds. The largest absolute Gasteiger partial charge is 0.477 e. The average Bonchev–Trinajstić information content (AvgIpc) is 2.80. The van der Waals surface area contributed by atoms with E-state index < -0.39 is 11.8 Å². The van der Waals surface area contributed by atoms with Crippen molar-refractivity contribution in [1.82, 2.24) is 0 Å². The Kier molecular flexibility index (Phi) is 4.27. The van der Waals surface area contributed by atoms with Crippen molar-refractivity contribution >= 4 is 40.7 Å². The van der Waals surface area contributed by atoms with Gasteiger partial charge in [0.15, 0.2) is 0 Å². The number of benzene rings is 1. The minimum atomic E-state index is -0.935. The van der Waals surface area contributed by atoms with E-state index in [0.717, 1.165) is 4.90 Å². The van der Waals surface area contributed by atoms with E-state index in [1.54, 1.807) is 23.6 Å². The van der Waals surface area contributed by atoms with Gasteiger partial charge in [-0.15, -0.1) is 23.1 Å². The van der Waals surface area contributed by atoms with Crippen molar-refractivity contribution < 1.29 is 14.3 Å². The lowest BCUT2D eigenvalue weighted by atomic mass is 10.2. The fraction of sp³-hybridized carbons (Fsp3) is 0.0833. The summed E-state index contributed by atoms with van der Waals surface area (Å²) in [6.07, 6.45) is 0. The fourth-order valence-corrected chi connectivity index (χ4v) is 3.46. The zero-order valence-electron chi connectivity index (χ0n) is 9.02. The Morgan fingerprint density at radius 1 is 1.50 bits per heavy atom. The van der Waals surface area contributed by atoms with Gasteiger partial charge in [0.1, 0.15) is 10.7 Å². The third-order valence-corrected chi connectivity index (χ3v) is 4.73. The van der Waals surface area contributed by atoms with E-state index in [9.17, 15) is 9.18 Å². The van der Waals surface area contributed by atoms with Crippen molar-refractivity contribution in [3.8, 4) is 0 Å². The maximum atomic E-state index is 13.2. The summed E-state index contributed by atoms with van der Waals surface area (Å²) in [6, 6.07) is 6.27. The molecule has 1 aromatic carbocycles. The maximum absolute atomic E-state index is 13.2. The highest BCUT2D eigenvalue weighted by Gasteiger charge is 2.09. The van der Waals surface area contributed by atoms with E-state index in [4.69, 9.17) is 16.7 Å². The van der Waals surface area contributed by atoms with Crippen molar-refractivity contribution in [3.05, 3.63) is 50.9 Å². The molecule has 0 unspecified atom stereocenters. The van der Waals surface area contributed by atoms with E-state index >= 15 is 0 Å². The summed E-state index contributed by atoms with van der Waals surface area (Å²) in [6.45, 7) is 0. The Hall–Kier alpha value is -1.04. The summed E-state index contributed by atoms with van der Waals surface area (Å²) >= 11 is 8.44. The Morgan fingerprint density at radius 3 is 2.94 bits per heavy atom. The second-order valence-corrected chi connectivity index (χ2v) is 5.79. The SMILES string of the molecule is O=C(O)c1cc(SCc2cccc(F)c2Cl)cs1. The monoisotopic (exact) mass is 302 g/mol. The first kappa shape index (κ1) is 13.4. The van der Waals surface area contributed by atoms with Crippen molar-refractivity contribution in [2.24, 2.45) is 0 Å². The molecule has 1 aromatic heterocycles. The van der Waals surface area contributed by atoms with Gasteiger partial charge in [-0.25, -0.2) is 9.18 Å². The van der Waals surface area contributed by atoms with Crippen LogP contribution in [0.25, 0.3) is 0 Å². The van der Waals surface area contributed by atoms with Crippen LogP contribution in [0.15, 0.2) is 34.5 Å². The van der Waals surface area contributed by atoms with Gasteiger partial charge in [0.05, 0.1) is 5.02 Å². The summed E-state index contributed by atoms with van der Waals surface area (Å²) in [7, 11) is 0. The van der Waals surface area contributed by atoms with Crippen molar-refractivity contribution in [2.75, 3.05) is 0 Å². The third-order valence-electron chi connectivity index (χ3n) is 2.21. The lowest BCUT2D eigenvalue weighted by Gasteiger charge is -2.03. The molecule has 0 spiro atoms. The number of thiophene rings is 1. The number of halogens is 2. The summed E-state index contributed by atoms with van der Waals surface area (Å²) in [4.78, 5) is 11.9. The second-order valence-electron chi connectivity index (χ2n) is 3.45. The van der Waals surface area contributed by atoms with Crippen molar-refractivity contribution in [3.63, 3.8) is 0 Å². The number of thioether (sulfide) groups is 1.